The molecule has 18 heavy (non-hydrogen) atoms. The second-order valence-corrected chi connectivity index (χ2v) is 3.57. The standard InChI is InChI=1S/C13H17NO4/c1-8(14-9(2)15)10-6-11(16-3)13(18-5)12(7-10)17-4/h6-7H,1H2,2-5H3,(H,14,15). The van der Waals surface area contributed by atoms with Crippen molar-refractivity contribution in [2.24, 2.45) is 0 Å². The van der Waals surface area contributed by atoms with Gasteiger partial charge in [-0.25, -0.2) is 0 Å². The van der Waals surface area contributed by atoms with Crippen LogP contribution in [0.5, 0.6) is 17.2 Å². The van der Waals surface area contributed by atoms with E-state index < -0.39 is 0 Å². The van der Waals surface area contributed by atoms with Crippen LogP contribution in [-0.4, -0.2) is 27.2 Å². The summed E-state index contributed by atoms with van der Waals surface area (Å²) < 4.78 is 15.6. The van der Waals surface area contributed by atoms with E-state index in [0.717, 1.165) is 0 Å². The van der Waals surface area contributed by atoms with Gasteiger partial charge in [-0.05, 0) is 12.1 Å². The summed E-state index contributed by atoms with van der Waals surface area (Å²) in [7, 11) is 4.59. The summed E-state index contributed by atoms with van der Waals surface area (Å²) in [5.74, 6) is 1.34. The lowest BCUT2D eigenvalue weighted by Crippen LogP contribution is -2.17. The molecule has 0 aliphatic heterocycles. The van der Waals surface area contributed by atoms with Gasteiger partial charge in [0, 0.05) is 18.2 Å². The van der Waals surface area contributed by atoms with E-state index in [9.17, 15) is 4.79 Å². The Kier molecular flexibility index (Phi) is 4.59. The molecule has 5 heteroatoms. The fourth-order valence-electron chi connectivity index (χ4n) is 1.54. The van der Waals surface area contributed by atoms with Gasteiger partial charge >= 0.3 is 0 Å². The SMILES string of the molecule is C=C(NC(C)=O)c1cc(OC)c(OC)c(OC)c1. The molecule has 5 nitrogen and oxygen atoms in total. The molecule has 0 radical (unpaired) electrons. The summed E-state index contributed by atoms with van der Waals surface area (Å²) in [6, 6.07) is 3.44. The van der Waals surface area contributed by atoms with Gasteiger partial charge in [-0.2, -0.15) is 0 Å². The molecule has 1 aromatic rings. The minimum atomic E-state index is -0.186. The van der Waals surface area contributed by atoms with Crippen LogP contribution in [-0.2, 0) is 4.79 Å². The third-order valence-electron chi connectivity index (χ3n) is 2.34. The molecule has 1 N–H and O–H groups in total. The number of nitrogens with one attached hydrogen (secondary N) is 1. The van der Waals surface area contributed by atoms with Crippen molar-refractivity contribution < 1.29 is 19.0 Å². The average Bonchev–Trinajstić information content (AvgIpc) is 2.35. The van der Waals surface area contributed by atoms with E-state index in [1.807, 2.05) is 0 Å². The quantitative estimate of drug-likeness (QED) is 0.867. The highest BCUT2D eigenvalue weighted by atomic mass is 16.5. The number of hydrogen-bond donors (Lipinski definition) is 1. The maximum Gasteiger partial charge on any atom is 0.221 e. The lowest BCUT2D eigenvalue weighted by Gasteiger charge is -2.15. The minimum absolute atomic E-state index is 0.186. The zero-order valence-electron chi connectivity index (χ0n) is 11.0. The molecule has 1 aromatic carbocycles. The van der Waals surface area contributed by atoms with E-state index >= 15 is 0 Å². The van der Waals surface area contributed by atoms with Crippen molar-refractivity contribution in [1.82, 2.24) is 5.32 Å². The largest absolute Gasteiger partial charge is 0.493 e. The predicted octanol–water partition coefficient (Wildman–Crippen LogP) is 1.82. The van der Waals surface area contributed by atoms with Crippen molar-refractivity contribution in [3.05, 3.63) is 24.3 Å². The number of carbonyl (C=O) groups excluding carboxylic acids is 1. The number of amides is 1. The first-order valence-corrected chi connectivity index (χ1v) is 5.30. The Morgan fingerprint density at radius 2 is 1.61 bits per heavy atom. The van der Waals surface area contributed by atoms with E-state index in [4.69, 9.17) is 14.2 Å². The molecule has 0 aliphatic carbocycles. The Morgan fingerprint density at radius 3 is 1.94 bits per heavy atom. The molecule has 0 spiro atoms. The molecule has 0 heterocycles. The molecule has 1 rings (SSSR count). The molecular formula is C13H17NO4. The molecule has 0 saturated heterocycles. The van der Waals surface area contributed by atoms with Crippen LogP contribution in [0.15, 0.2) is 18.7 Å². The molecule has 0 fully saturated rings. The number of benzene rings is 1. The maximum atomic E-state index is 11.0. The fourth-order valence-corrected chi connectivity index (χ4v) is 1.54. The van der Waals surface area contributed by atoms with Crippen molar-refractivity contribution in [2.75, 3.05) is 21.3 Å². The van der Waals surface area contributed by atoms with Gasteiger partial charge in [-0.15, -0.1) is 0 Å². The van der Waals surface area contributed by atoms with Gasteiger partial charge in [0.15, 0.2) is 11.5 Å². The van der Waals surface area contributed by atoms with Crippen molar-refractivity contribution in [3.63, 3.8) is 0 Å². The highest BCUT2D eigenvalue weighted by molar-refractivity contribution is 5.85. The Bertz CT molecular complexity index is 443. The first-order valence-electron chi connectivity index (χ1n) is 5.30. The Labute approximate surface area is 106 Å². The second kappa shape index (κ2) is 5.95. The van der Waals surface area contributed by atoms with E-state index in [1.165, 1.54) is 28.3 Å². The van der Waals surface area contributed by atoms with Gasteiger partial charge in [0.1, 0.15) is 0 Å². The Morgan fingerprint density at radius 1 is 1.11 bits per heavy atom. The molecule has 98 valence electrons. The van der Waals surface area contributed by atoms with E-state index in [1.54, 1.807) is 12.1 Å². The fraction of sp³-hybridized carbons (Fsp3) is 0.308. The minimum Gasteiger partial charge on any atom is -0.493 e. The van der Waals surface area contributed by atoms with Crippen LogP contribution in [0.25, 0.3) is 5.70 Å². The molecule has 1 amide bonds. The number of carbonyl (C=O) groups is 1. The number of ether oxygens (including phenoxy) is 3. The molecular weight excluding hydrogens is 234 g/mol. The number of hydrogen-bond acceptors (Lipinski definition) is 4. The molecule has 0 bridgehead atoms. The van der Waals surface area contributed by atoms with Crippen molar-refractivity contribution in [1.29, 1.82) is 0 Å². The van der Waals surface area contributed by atoms with Crippen LogP contribution in [0.4, 0.5) is 0 Å². The van der Waals surface area contributed by atoms with Gasteiger partial charge < -0.3 is 19.5 Å². The highest BCUT2D eigenvalue weighted by Crippen LogP contribution is 2.39. The maximum absolute atomic E-state index is 11.0. The van der Waals surface area contributed by atoms with Crippen molar-refractivity contribution in [2.45, 2.75) is 6.92 Å². The Balaban J connectivity index is 3.22. The average molecular weight is 251 g/mol. The van der Waals surface area contributed by atoms with Crippen molar-refractivity contribution in [3.8, 4) is 17.2 Å². The van der Waals surface area contributed by atoms with Gasteiger partial charge in [-0.3, -0.25) is 4.79 Å². The van der Waals surface area contributed by atoms with E-state index in [2.05, 4.69) is 11.9 Å². The summed E-state index contributed by atoms with van der Waals surface area (Å²) in [5, 5.41) is 2.61. The topological polar surface area (TPSA) is 56.8 Å². The summed E-state index contributed by atoms with van der Waals surface area (Å²) >= 11 is 0. The van der Waals surface area contributed by atoms with Crippen LogP contribution in [0.3, 0.4) is 0 Å². The van der Waals surface area contributed by atoms with Gasteiger partial charge in [0.05, 0.1) is 21.3 Å². The third kappa shape index (κ3) is 2.94. The van der Waals surface area contributed by atoms with Crippen LogP contribution in [0.1, 0.15) is 12.5 Å². The summed E-state index contributed by atoms with van der Waals surface area (Å²) in [6.45, 7) is 5.21. The highest BCUT2D eigenvalue weighted by Gasteiger charge is 2.14. The van der Waals surface area contributed by atoms with Gasteiger partial charge in [0.2, 0.25) is 11.7 Å². The molecule has 0 atom stereocenters. The van der Waals surface area contributed by atoms with Crippen LogP contribution < -0.4 is 19.5 Å². The van der Waals surface area contributed by atoms with Crippen molar-refractivity contribution >= 4 is 11.6 Å². The number of rotatable bonds is 5. The predicted molar refractivity (Wildman–Crippen MR) is 68.9 cm³/mol. The summed E-state index contributed by atoms with van der Waals surface area (Å²) in [4.78, 5) is 11.0. The summed E-state index contributed by atoms with van der Waals surface area (Å²) in [6.07, 6.45) is 0. The molecule has 0 unspecified atom stereocenters. The lowest BCUT2D eigenvalue weighted by atomic mass is 10.1. The molecule has 0 aliphatic rings. The zero-order chi connectivity index (χ0) is 13.7. The Hall–Kier alpha value is -2.17. The molecule has 0 aromatic heterocycles. The first kappa shape index (κ1) is 13.9. The van der Waals surface area contributed by atoms with Crippen LogP contribution in [0, 0.1) is 0 Å². The van der Waals surface area contributed by atoms with Gasteiger partial charge in [-0.1, -0.05) is 6.58 Å². The smallest absolute Gasteiger partial charge is 0.221 e. The third-order valence-corrected chi connectivity index (χ3v) is 2.34. The van der Waals surface area contributed by atoms with E-state index in [-0.39, 0.29) is 5.91 Å². The number of methoxy groups -OCH3 is 3. The van der Waals surface area contributed by atoms with Crippen LogP contribution >= 0.6 is 0 Å². The first-order chi connectivity index (χ1) is 8.53. The summed E-state index contributed by atoms with van der Waals surface area (Å²) in [5.41, 5.74) is 1.17. The van der Waals surface area contributed by atoms with Crippen LogP contribution in [0.2, 0.25) is 0 Å². The zero-order valence-corrected chi connectivity index (χ0v) is 11.0. The monoisotopic (exact) mass is 251 g/mol. The van der Waals surface area contributed by atoms with E-state index in [0.29, 0.717) is 28.5 Å². The lowest BCUT2D eigenvalue weighted by molar-refractivity contribution is -0.117. The van der Waals surface area contributed by atoms with Gasteiger partial charge in [0.25, 0.3) is 0 Å². The normalized spacial score (nSPS) is 9.56. The second-order valence-electron chi connectivity index (χ2n) is 3.57. The molecule has 0 saturated carbocycles.